The largest absolute Gasteiger partial charge is 0.463 e. The Morgan fingerprint density at radius 3 is 2.48 bits per heavy atom. The first-order valence-corrected chi connectivity index (χ1v) is 10.4. The van der Waals surface area contributed by atoms with Crippen LogP contribution in [0, 0.1) is 0 Å². The van der Waals surface area contributed by atoms with Crippen molar-refractivity contribution in [1.82, 2.24) is 9.55 Å². The second-order valence-corrected chi connectivity index (χ2v) is 7.88. The molecule has 33 heavy (non-hydrogen) atoms. The van der Waals surface area contributed by atoms with Crippen LogP contribution in [-0.2, 0) is 23.8 Å². The molecule has 3 atom stereocenters. The number of hydrogen-bond acceptors (Lipinski definition) is 9. The predicted molar refractivity (Wildman–Crippen MR) is 116 cm³/mol. The van der Waals surface area contributed by atoms with E-state index in [0.717, 1.165) is 10.8 Å². The molecule has 2 aromatic rings. The number of halogens is 2. The van der Waals surface area contributed by atoms with Gasteiger partial charge in [-0.25, -0.2) is 4.79 Å². The fourth-order valence-corrected chi connectivity index (χ4v) is 3.96. The zero-order valence-electron chi connectivity index (χ0n) is 17.4. The Bertz CT molecular complexity index is 1200. The fraction of sp³-hybridized carbons (Fsp3) is 0.350. The maximum atomic E-state index is 12.5. The monoisotopic (exact) mass is 499 g/mol. The number of aromatic nitrogens is 2. The summed E-state index contributed by atoms with van der Waals surface area (Å²) in [5, 5.41) is 13.0. The van der Waals surface area contributed by atoms with Crippen LogP contribution in [0.2, 0.25) is 10.0 Å². The van der Waals surface area contributed by atoms with Crippen LogP contribution in [0.15, 0.2) is 39.1 Å². The van der Waals surface area contributed by atoms with E-state index in [1.807, 2.05) is 0 Å². The third-order valence-corrected chi connectivity index (χ3v) is 5.41. The minimum Gasteiger partial charge on any atom is -0.463 e. The van der Waals surface area contributed by atoms with Gasteiger partial charge in [0.05, 0.1) is 15.6 Å². The average molecular weight is 500 g/mol. The third-order valence-electron chi connectivity index (χ3n) is 4.78. The molecule has 1 aromatic carbocycles. The maximum Gasteiger partial charge on any atom is 0.330 e. The highest BCUT2D eigenvalue weighted by Crippen LogP contribution is 2.31. The maximum absolute atomic E-state index is 12.5. The fourth-order valence-electron chi connectivity index (χ4n) is 3.39. The van der Waals surface area contributed by atoms with Crippen LogP contribution in [0.1, 0.15) is 37.6 Å². The lowest BCUT2D eigenvalue weighted by Crippen LogP contribution is -2.36. The standard InChI is InChI=1S/C20H19Cl2N3O8/c1-9(26)31-8-15-14(32-10(2)27)6-16(33-15)25-7-11(19(28)23-20(25)29)18(24-30)17-12(21)4-3-5-13(17)22/h3-5,7,14-16,30H,6,8H2,1-2H3,(H,23,28,29)/b24-18-/t14-,15+,16+/m0/s1. The quantitative estimate of drug-likeness (QED) is 0.264. The lowest BCUT2D eigenvalue weighted by atomic mass is 10.0. The van der Waals surface area contributed by atoms with E-state index in [9.17, 15) is 24.4 Å². The van der Waals surface area contributed by atoms with E-state index >= 15 is 0 Å². The van der Waals surface area contributed by atoms with Crippen molar-refractivity contribution >= 4 is 40.9 Å². The molecule has 0 radical (unpaired) electrons. The Balaban J connectivity index is 2.02. The minimum absolute atomic E-state index is 0.0232. The number of nitrogens with zero attached hydrogens (tertiary/aromatic N) is 2. The molecule has 0 saturated carbocycles. The molecular weight excluding hydrogens is 481 g/mol. The molecule has 2 heterocycles. The highest BCUT2D eigenvalue weighted by atomic mass is 35.5. The van der Waals surface area contributed by atoms with Crippen molar-refractivity contribution < 1.29 is 29.0 Å². The Kier molecular flexibility index (Phi) is 7.57. The van der Waals surface area contributed by atoms with Crippen molar-refractivity contribution in [3.05, 3.63) is 66.4 Å². The number of benzene rings is 1. The predicted octanol–water partition coefficient (Wildman–Crippen LogP) is 1.85. The number of H-pyrrole nitrogens is 1. The highest BCUT2D eigenvalue weighted by Gasteiger charge is 2.40. The number of carbonyl (C=O) groups is 2. The number of aromatic amines is 1. The van der Waals surface area contributed by atoms with Gasteiger partial charge in [-0.3, -0.25) is 23.9 Å². The summed E-state index contributed by atoms with van der Waals surface area (Å²) in [4.78, 5) is 49.9. The molecule has 0 spiro atoms. The minimum atomic E-state index is -1.00. The molecule has 1 aliphatic heterocycles. The number of hydrogen-bond donors (Lipinski definition) is 2. The van der Waals surface area contributed by atoms with Crippen LogP contribution in [0.4, 0.5) is 0 Å². The number of carbonyl (C=O) groups excluding carboxylic acids is 2. The zero-order chi connectivity index (χ0) is 24.3. The van der Waals surface area contributed by atoms with Crippen molar-refractivity contribution in [2.24, 2.45) is 5.16 Å². The van der Waals surface area contributed by atoms with E-state index < -0.39 is 41.6 Å². The molecule has 1 fully saturated rings. The Morgan fingerprint density at radius 1 is 1.24 bits per heavy atom. The second-order valence-electron chi connectivity index (χ2n) is 7.07. The van der Waals surface area contributed by atoms with Gasteiger partial charge < -0.3 is 19.4 Å². The van der Waals surface area contributed by atoms with Gasteiger partial charge in [0.15, 0.2) is 0 Å². The van der Waals surface area contributed by atoms with E-state index in [-0.39, 0.29) is 39.9 Å². The molecule has 0 bridgehead atoms. The van der Waals surface area contributed by atoms with Crippen molar-refractivity contribution in [1.29, 1.82) is 0 Å². The van der Waals surface area contributed by atoms with Gasteiger partial charge >= 0.3 is 17.6 Å². The molecule has 13 heteroatoms. The smallest absolute Gasteiger partial charge is 0.330 e. The van der Waals surface area contributed by atoms with Crippen molar-refractivity contribution in [3.8, 4) is 0 Å². The van der Waals surface area contributed by atoms with E-state index in [2.05, 4.69) is 10.1 Å². The van der Waals surface area contributed by atoms with Crippen LogP contribution in [0.25, 0.3) is 0 Å². The zero-order valence-corrected chi connectivity index (χ0v) is 18.9. The number of esters is 2. The van der Waals surface area contributed by atoms with Crippen LogP contribution >= 0.6 is 23.2 Å². The first-order valence-electron chi connectivity index (χ1n) is 9.60. The Hall–Kier alpha value is -3.15. The van der Waals surface area contributed by atoms with E-state index in [1.165, 1.54) is 26.0 Å². The van der Waals surface area contributed by atoms with Crippen LogP contribution in [0.3, 0.4) is 0 Å². The molecule has 0 amide bonds. The van der Waals surface area contributed by atoms with Gasteiger partial charge in [-0.1, -0.05) is 34.4 Å². The number of oxime groups is 1. The Morgan fingerprint density at radius 2 is 1.91 bits per heavy atom. The lowest BCUT2D eigenvalue weighted by molar-refractivity contribution is -0.155. The molecule has 1 saturated heterocycles. The topological polar surface area (TPSA) is 149 Å². The molecule has 176 valence electrons. The summed E-state index contributed by atoms with van der Waals surface area (Å²) in [6.45, 7) is 2.20. The first kappa shape index (κ1) is 24.5. The summed E-state index contributed by atoms with van der Waals surface area (Å²) < 4.78 is 17.0. The van der Waals surface area contributed by atoms with Crippen molar-refractivity contribution in [3.63, 3.8) is 0 Å². The highest BCUT2D eigenvalue weighted by molar-refractivity contribution is 6.41. The second kappa shape index (κ2) is 10.2. The van der Waals surface area contributed by atoms with Gasteiger partial charge in [-0.15, -0.1) is 0 Å². The van der Waals surface area contributed by atoms with Crippen LogP contribution < -0.4 is 11.2 Å². The number of ether oxygens (including phenoxy) is 3. The van der Waals surface area contributed by atoms with Crippen LogP contribution in [-0.4, -0.2) is 51.2 Å². The summed E-state index contributed by atoms with van der Waals surface area (Å²) >= 11 is 12.4. The van der Waals surface area contributed by atoms with Crippen molar-refractivity contribution in [2.75, 3.05) is 6.61 Å². The van der Waals surface area contributed by atoms with Crippen LogP contribution in [0.5, 0.6) is 0 Å². The first-order chi connectivity index (χ1) is 15.6. The normalized spacial score (nSPS) is 20.5. The number of nitrogens with one attached hydrogen (secondary N) is 1. The summed E-state index contributed by atoms with van der Waals surface area (Å²) in [7, 11) is 0. The number of rotatable bonds is 6. The third kappa shape index (κ3) is 5.44. The van der Waals surface area contributed by atoms with E-state index in [1.54, 1.807) is 6.07 Å². The Labute approximate surface area is 196 Å². The average Bonchev–Trinajstić information content (AvgIpc) is 3.11. The van der Waals surface area contributed by atoms with Gasteiger partial charge in [0.2, 0.25) is 0 Å². The van der Waals surface area contributed by atoms with Gasteiger partial charge in [0, 0.05) is 32.0 Å². The molecule has 0 aliphatic carbocycles. The van der Waals surface area contributed by atoms with E-state index in [0.29, 0.717) is 0 Å². The molecule has 3 rings (SSSR count). The summed E-state index contributed by atoms with van der Waals surface area (Å²) in [6.07, 6.45) is -1.53. The van der Waals surface area contributed by atoms with Gasteiger partial charge in [-0.2, -0.15) is 0 Å². The summed E-state index contributed by atoms with van der Waals surface area (Å²) in [5.41, 5.74) is -2.09. The molecule has 0 unspecified atom stereocenters. The summed E-state index contributed by atoms with van der Waals surface area (Å²) in [6, 6.07) is 4.54. The van der Waals surface area contributed by atoms with Crippen molar-refractivity contribution in [2.45, 2.75) is 38.7 Å². The molecule has 1 aromatic heterocycles. The molecule has 11 nitrogen and oxygen atoms in total. The molecular formula is C20H19Cl2N3O8. The van der Waals surface area contributed by atoms with Gasteiger partial charge in [-0.05, 0) is 12.1 Å². The van der Waals surface area contributed by atoms with Gasteiger partial charge in [0.25, 0.3) is 5.56 Å². The SMILES string of the molecule is CC(=O)OC[C@H]1O[C@@H](n2cc(/C(=N/O)c3c(Cl)cccc3Cl)c(=O)[nH]c2=O)C[C@@H]1OC(C)=O. The summed E-state index contributed by atoms with van der Waals surface area (Å²) in [5.74, 6) is -1.15. The van der Waals surface area contributed by atoms with Gasteiger partial charge in [0.1, 0.15) is 30.8 Å². The molecule has 1 aliphatic rings. The lowest BCUT2D eigenvalue weighted by Gasteiger charge is -2.18. The molecule has 2 N–H and O–H groups in total. The van der Waals surface area contributed by atoms with E-state index in [4.69, 9.17) is 37.4 Å².